The fourth-order valence-electron chi connectivity index (χ4n) is 1.46. The van der Waals surface area contributed by atoms with Crippen molar-refractivity contribution in [2.24, 2.45) is 0 Å². The number of hydrogen-bond acceptors (Lipinski definition) is 4. The third-order valence-corrected chi connectivity index (χ3v) is 2.95. The van der Waals surface area contributed by atoms with Gasteiger partial charge in [0.05, 0.1) is 24.8 Å². The first-order valence-electron chi connectivity index (χ1n) is 5.46. The summed E-state index contributed by atoms with van der Waals surface area (Å²) in [6, 6.07) is 0.446. The Labute approximate surface area is 128 Å². The van der Waals surface area contributed by atoms with Gasteiger partial charge >= 0.3 is 18.5 Å². The van der Waals surface area contributed by atoms with E-state index in [4.69, 9.17) is 0 Å². The molecule has 0 aliphatic heterocycles. The van der Waals surface area contributed by atoms with Gasteiger partial charge in [-0.15, -0.1) is 13.2 Å². The molecule has 1 aromatic rings. The zero-order valence-electron chi connectivity index (χ0n) is 10.8. The maximum atomic E-state index is 12.9. The number of carbonyl (C=O) groups is 1. The van der Waals surface area contributed by atoms with Crippen LogP contribution in [0.25, 0.3) is 0 Å². The first-order valence-corrected chi connectivity index (χ1v) is 6.58. The van der Waals surface area contributed by atoms with Gasteiger partial charge in [-0.2, -0.15) is 13.2 Å². The third kappa shape index (κ3) is 5.04. The Hall–Kier alpha value is -1.52. The maximum Gasteiger partial charge on any atom is 0.574 e. The van der Waals surface area contributed by atoms with Crippen molar-refractivity contribution in [2.75, 3.05) is 7.11 Å². The van der Waals surface area contributed by atoms with Crippen molar-refractivity contribution in [3.63, 3.8) is 0 Å². The minimum Gasteiger partial charge on any atom is -0.469 e. The van der Waals surface area contributed by atoms with Gasteiger partial charge in [-0.25, -0.2) is 4.98 Å². The number of pyridine rings is 1. The van der Waals surface area contributed by atoms with Crippen molar-refractivity contribution in [1.82, 2.24) is 4.98 Å². The SMILES string of the molecule is COC(=O)Cc1nc(OC(F)(F)F)c(CBr)cc1C(F)(F)F. The van der Waals surface area contributed by atoms with Gasteiger partial charge in [-0.3, -0.25) is 4.79 Å². The zero-order chi connectivity index (χ0) is 17.1. The molecule has 0 atom stereocenters. The lowest BCUT2D eigenvalue weighted by atomic mass is 10.1. The molecule has 0 saturated carbocycles. The average Bonchev–Trinajstić information content (AvgIpc) is 2.35. The van der Waals surface area contributed by atoms with Gasteiger partial charge in [0.1, 0.15) is 0 Å². The Morgan fingerprint density at radius 2 is 1.86 bits per heavy atom. The number of aromatic nitrogens is 1. The van der Waals surface area contributed by atoms with Crippen LogP contribution in [-0.4, -0.2) is 24.4 Å². The molecule has 22 heavy (non-hydrogen) atoms. The molecule has 11 heteroatoms. The van der Waals surface area contributed by atoms with Crippen LogP contribution in [0, 0.1) is 0 Å². The Balaban J connectivity index is 3.42. The molecular weight excluding hydrogens is 388 g/mol. The van der Waals surface area contributed by atoms with Crippen molar-refractivity contribution in [1.29, 1.82) is 0 Å². The van der Waals surface area contributed by atoms with Crippen LogP contribution < -0.4 is 4.74 Å². The summed E-state index contributed by atoms with van der Waals surface area (Å²) in [6.07, 6.45) is -11.0. The van der Waals surface area contributed by atoms with E-state index in [0.717, 1.165) is 7.11 Å². The molecule has 0 amide bonds. The first kappa shape index (κ1) is 18.5. The third-order valence-electron chi connectivity index (χ3n) is 2.34. The fourth-order valence-corrected chi connectivity index (χ4v) is 1.86. The van der Waals surface area contributed by atoms with E-state index in [-0.39, 0.29) is 5.33 Å². The topological polar surface area (TPSA) is 48.4 Å². The second-order valence-electron chi connectivity index (χ2n) is 3.88. The van der Waals surface area contributed by atoms with Crippen molar-refractivity contribution in [2.45, 2.75) is 24.3 Å². The molecule has 1 aromatic heterocycles. The number of carbonyl (C=O) groups excluding carboxylic acids is 1. The van der Waals surface area contributed by atoms with Crippen LogP contribution in [0.1, 0.15) is 16.8 Å². The van der Waals surface area contributed by atoms with E-state index in [9.17, 15) is 31.1 Å². The van der Waals surface area contributed by atoms with E-state index in [1.165, 1.54) is 0 Å². The van der Waals surface area contributed by atoms with Crippen LogP contribution in [0.5, 0.6) is 5.88 Å². The van der Waals surface area contributed by atoms with E-state index in [1.807, 2.05) is 0 Å². The molecule has 0 aliphatic rings. The predicted octanol–water partition coefficient (Wildman–Crippen LogP) is 3.61. The molecule has 0 fully saturated rings. The second-order valence-corrected chi connectivity index (χ2v) is 4.44. The molecule has 0 unspecified atom stereocenters. The van der Waals surface area contributed by atoms with Crippen molar-refractivity contribution in [3.05, 3.63) is 22.9 Å². The Morgan fingerprint density at radius 1 is 1.27 bits per heavy atom. The highest BCUT2D eigenvalue weighted by Crippen LogP contribution is 2.36. The maximum absolute atomic E-state index is 12.9. The molecule has 0 aliphatic carbocycles. The number of esters is 1. The molecule has 1 rings (SSSR count). The van der Waals surface area contributed by atoms with Crippen molar-refractivity contribution < 1.29 is 40.6 Å². The van der Waals surface area contributed by atoms with Crippen LogP contribution in [0.3, 0.4) is 0 Å². The molecule has 0 saturated heterocycles. The molecule has 0 spiro atoms. The number of hydrogen-bond donors (Lipinski definition) is 0. The summed E-state index contributed by atoms with van der Waals surface area (Å²) in [5, 5.41) is -0.354. The van der Waals surface area contributed by atoms with Gasteiger partial charge in [0.2, 0.25) is 5.88 Å². The van der Waals surface area contributed by atoms with Gasteiger partial charge in [0.25, 0.3) is 0 Å². The average molecular weight is 396 g/mol. The van der Waals surface area contributed by atoms with Crippen LogP contribution in [0.15, 0.2) is 6.07 Å². The largest absolute Gasteiger partial charge is 0.574 e. The lowest BCUT2D eigenvalue weighted by Gasteiger charge is -2.17. The summed E-state index contributed by atoms with van der Waals surface area (Å²) in [4.78, 5) is 14.3. The summed E-state index contributed by atoms with van der Waals surface area (Å²) in [6.45, 7) is 0. The number of nitrogens with zero attached hydrogens (tertiary/aromatic N) is 1. The molecule has 4 nitrogen and oxygen atoms in total. The van der Waals surface area contributed by atoms with Gasteiger partial charge in [-0.05, 0) is 6.07 Å². The highest BCUT2D eigenvalue weighted by atomic mass is 79.9. The number of rotatable bonds is 4. The van der Waals surface area contributed by atoms with Gasteiger partial charge in [0, 0.05) is 10.9 Å². The van der Waals surface area contributed by atoms with E-state index in [2.05, 4.69) is 30.4 Å². The Kier molecular flexibility index (Phi) is 5.65. The summed E-state index contributed by atoms with van der Waals surface area (Å²) in [5.41, 5.74) is -2.71. The Bertz CT molecular complexity index is 558. The van der Waals surface area contributed by atoms with Crippen molar-refractivity contribution in [3.8, 4) is 5.88 Å². The second kappa shape index (κ2) is 6.71. The normalized spacial score (nSPS) is 12.2. The quantitative estimate of drug-likeness (QED) is 0.444. The molecule has 0 radical (unpaired) electrons. The van der Waals surface area contributed by atoms with E-state index < -0.39 is 47.6 Å². The van der Waals surface area contributed by atoms with Crippen LogP contribution >= 0.6 is 15.9 Å². The van der Waals surface area contributed by atoms with E-state index in [0.29, 0.717) is 6.07 Å². The highest BCUT2D eigenvalue weighted by Gasteiger charge is 2.38. The van der Waals surface area contributed by atoms with Crippen molar-refractivity contribution >= 4 is 21.9 Å². The van der Waals surface area contributed by atoms with Crippen LogP contribution in [0.4, 0.5) is 26.3 Å². The van der Waals surface area contributed by atoms with Gasteiger partial charge < -0.3 is 9.47 Å². The number of halogens is 7. The monoisotopic (exact) mass is 395 g/mol. The first-order chi connectivity index (χ1) is 9.97. The molecule has 0 aromatic carbocycles. The lowest BCUT2D eigenvalue weighted by molar-refractivity contribution is -0.276. The smallest absolute Gasteiger partial charge is 0.469 e. The molecule has 0 bridgehead atoms. The van der Waals surface area contributed by atoms with Crippen LogP contribution in [-0.2, 0) is 27.5 Å². The van der Waals surface area contributed by atoms with Gasteiger partial charge in [0.15, 0.2) is 0 Å². The van der Waals surface area contributed by atoms with E-state index >= 15 is 0 Å². The summed E-state index contributed by atoms with van der Waals surface area (Å²) in [7, 11) is 0.926. The minimum absolute atomic E-state index is 0.354. The molecule has 1 heterocycles. The van der Waals surface area contributed by atoms with Crippen LogP contribution in [0.2, 0.25) is 0 Å². The Morgan fingerprint density at radius 3 is 2.27 bits per heavy atom. The van der Waals surface area contributed by atoms with Gasteiger partial charge in [-0.1, -0.05) is 15.9 Å². The minimum atomic E-state index is -5.13. The standard InChI is InChI=1S/C11H8BrF6NO3/c1-21-8(20)3-7-6(10(13,14)15)2-5(4-12)9(19-7)22-11(16,17)18/h2H,3-4H2,1H3. The number of methoxy groups -OCH3 is 1. The fraction of sp³-hybridized carbons (Fsp3) is 0.455. The number of alkyl halides is 7. The number of ether oxygens (including phenoxy) is 2. The molecule has 0 N–H and O–H groups in total. The lowest BCUT2D eigenvalue weighted by Crippen LogP contribution is -2.22. The summed E-state index contributed by atoms with van der Waals surface area (Å²) < 4.78 is 83.3. The molecular formula is C11H8BrF6NO3. The molecule has 124 valence electrons. The zero-order valence-corrected chi connectivity index (χ0v) is 12.4. The highest BCUT2D eigenvalue weighted by molar-refractivity contribution is 9.08. The predicted molar refractivity (Wildman–Crippen MR) is 64.3 cm³/mol. The summed E-state index contributed by atoms with van der Waals surface area (Å²) in [5.74, 6) is -2.14. The van der Waals surface area contributed by atoms with E-state index in [1.54, 1.807) is 0 Å². The summed E-state index contributed by atoms with van der Waals surface area (Å²) >= 11 is 2.76.